The summed E-state index contributed by atoms with van der Waals surface area (Å²) in [5.41, 5.74) is 2.61. The van der Waals surface area contributed by atoms with E-state index in [9.17, 15) is 18.0 Å². The molecule has 2 aromatic carbocycles. The first-order valence-corrected chi connectivity index (χ1v) is 7.98. The summed E-state index contributed by atoms with van der Waals surface area (Å²) in [5, 5.41) is 0. The van der Waals surface area contributed by atoms with E-state index in [0.717, 1.165) is 22.3 Å². The van der Waals surface area contributed by atoms with Crippen molar-refractivity contribution in [2.24, 2.45) is 0 Å². The topological polar surface area (TPSA) is 33.2 Å². The molecule has 1 aromatic heterocycles. The summed E-state index contributed by atoms with van der Waals surface area (Å²) in [6.45, 7) is 0.0952. The molecule has 0 fully saturated rings. The van der Waals surface area contributed by atoms with E-state index in [1.165, 1.54) is 22.3 Å². The van der Waals surface area contributed by atoms with Crippen LogP contribution in [0, 0.1) is 0 Å². The molecule has 0 aliphatic heterocycles. The summed E-state index contributed by atoms with van der Waals surface area (Å²) >= 11 is 1.36. The standard InChI is InChI=1S/C17H13F3N2OS/c1-22(9-11-4-2-5-12(8-11)17(18,19)20)16(23)13-6-3-7-14-15(13)24-10-21-14/h2-8,10H,9H2,1H3. The van der Waals surface area contributed by atoms with Gasteiger partial charge in [0.2, 0.25) is 0 Å². The van der Waals surface area contributed by atoms with Gasteiger partial charge in [0.15, 0.2) is 0 Å². The van der Waals surface area contributed by atoms with E-state index in [4.69, 9.17) is 0 Å². The average Bonchev–Trinajstić information content (AvgIpc) is 3.02. The van der Waals surface area contributed by atoms with Gasteiger partial charge in [-0.25, -0.2) is 4.98 Å². The number of rotatable bonds is 3. The van der Waals surface area contributed by atoms with E-state index in [1.807, 2.05) is 6.07 Å². The number of halogens is 3. The third kappa shape index (κ3) is 3.26. The number of nitrogens with zero attached hydrogens (tertiary/aromatic N) is 2. The van der Waals surface area contributed by atoms with Gasteiger partial charge < -0.3 is 4.90 Å². The Balaban J connectivity index is 1.84. The number of thiazole rings is 1. The van der Waals surface area contributed by atoms with Crippen LogP contribution in [0.2, 0.25) is 0 Å². The molecule has 1 heterocycles. The highest BCUT2D eigenvalue weighted by Crippen LogP contribution is 2.30. The van der Waals surface area contributed by atoms with Crippen LogP contribution in [0.4, 0.5) is 13.2 Å². The van der Waals surface area contributed by atoms with Crippen molar-refractivity contribution < 1.29 is 18.0 Å². The van der Waals surface area contributed by atoms with Gasteiger partial charge in [-0.1, -0.05) is 18.2 Å². The minimum absolute atomic E-state index is 0.0952. The molecule has 0 radical (unpaired) electrons. The van der Waals surface area contributed by atoms with Gasteiger partial charge in [0.05, 0.1) is 26.9 Å². The predicted molar refractivity (Wildman–Crippen MR) is 86.9 cm³/mol. The highest BCUT2D eigenvalue weighted by Gasteiger charge is 2.30. The summed E-state index contributed by atoms with van der Waals surface area (Å²) in [7, 11) is 1.57. The zero-order chi connectivity index (χ0) is 17.3. The smallest absolute Gasteiger partial charge is 0.337 e. The summed E-state index contributed by atoms with van der Waals surface area (Å²) in [5.74, 6) is -0.248. The molecular weight excluding hydrogens is 337 g/mol. The Morgan fingerprint density at radius 1 is 1.21 bits per heavy atom. The first kappa shape index (κ1) is 16.4. The molecule has 0 aliphatic rings. The third-order valence-corrected chi connectivity index (χ3v) is 4.48. The predicted octanol–water partition coefficient (Wildman–Crippen LogP) is 4.59. The zero-order valence-electron chi connectivity index (χ0n) is 12.7. The largest absolute Gasteiger partial charge is 0.416 e. The van der Waals surface area contributed by atoms with Crippen LogP contribution in [-0.2, 0) is 12.7 Å². The van der Waals surface area contributed by atoms with Crippen LogP contribution in [0.5, 0.6) is 0 Å². The molecule has 0 saturated carbocycles. The highest BCUT2D eigenvalue weighted by molar-refractivity contribution is 7.17. The second-order valence-corrected chi connectivity index (χ2v) is 6.22. The number of hydrogen-bond donors (Lipinski definition) is 0. The van der Waals surface area contributed by atoms with Crippen LogP contribution >= 0.6 is 11.3 Å². The third-order valence-electron chi connectivity index (χ3n) is 3.61. The fraction of sp³-hybridized carbons (Fsp3) is 0.176. The molecule has 124 valence electrons. The molecular formula is C17H13F3N2OS. The number of aromatic nitrogens is 1. The van der Waals surface area contributed by atoms with Crippen LogP contribution in [0.1, 0.15) is 21.5 Å². The minimum atomic E-state index is -4.40. The average molecular weight is 350 g/mol. The van der Waals surface area contributed by atoms with Crippen molar-refractivity contribution in [2.75, 3.05) is 7.05 Å². The van der Waals surface area contributed by atoms with E-state index in [1.54, 1.807) is 30.8 Å². The Hall–Kier alpha value is -2.41. The molecule has 24 heavy (non-hydrogen) atoms. The summed E-state index contributed by atoms with van der Waals surface area (Å²) < 4.78 is 39.1. The molecule has 0 spiro atoms. The Bertz CT molecular complexity index is 889. The number of alkyl halides is 3. The highest BCUT2D eigenvalue weighted by atomic mass is 32.1. The van der Waals surface area contributed by atoms with Crippen molar-refractivity contribution >= 4 is 27.5 Å². The molecule has 0 unspecified atom stereocenters. The van der Waals surface area contributed by atoms with Crippen LogP contribution in [-0.4, -0.2) is 22.8 Å². The Morgan fingerprint density at radius 3 is 2.71 bits per heavy atom. The lowest BCUT2D eigenvalue weighted by Gasteiger charge is -2.18. The molecule has 0 aliphatic carbocycles. The second kappa shape index (κ2) is 6.24. The number of amides is 1. The van der Waals surface area contributed by atoms with Crippen LogP contribution in [0.3, 0.4) is 0 Å². The molecule has 0 bridgehead atoms. The van der Waals surface area contributed by atoms with Gasteiger partial charge in [0.25, 0.3) is 5.91 Å². The van der Waals surface area contributed by atoms with Crippen LogP contribution < -0.4 is 0 Å². The van der Waals surface area contributed by atoms with Crippen molar-refractivity contribution in [1.82, 2.24) is 9.88 Å². The Morgan fingerprint density at radius 2 is 1.96 bits per heavy atom. The lowest BCUT2D eigenvalue weighted by Crippen LogP contribution is -2.26. The first-order valence-electron chi connectivity index (χ1n) is 7.10. The van der Waals surface area contributed by atoms with E-state index in [-0.39, 0.29) is 12.5 Å². The van der Waals surface area contributed by atoms with Crippen molar-refractivity contribution in [1.29, 1.82) is 0 Å². The lowest BCUT2D eigenvalue weighted by atomic mass is 10.1. The first-order chi connectivity index (χ1) is 11.4. The molecule has 7 heteroatoms. The number of carbonyl (C=O) groups excluding carboxylic acids is 1. The summed E-state index contributed by atoms with van der Waals surface area (Å²) in [6, 6.07) is 10.3. The van der Waals surface area contributed by atoms with Gasteiger partial charge in [-0.3, -0.25) is 4.79 Å². The molecule has 3 aromatic rings. The van der Waals surface area contributed by atoms with Crippen molar-refractivity contribution in [3.05, 3.63) is 64.7 Å². The van der Waals surface area contributed by atoms with Crippen molar-refractivity contribution in [2.45, 2.75) is 12.7 Å². The number of benzene rings is 2. The van der Waals surface area contributed by atoms with Gasteiger partial charge in [0, 0.05) is 13.6 Å². The van der Waals surface area contributed by atoms with Crippen LogP contribution in [0.15, 0.2) is 48.0 Å². The number of carbonyl (C=O) groups is 1. The molecule has 1 amide bonds. The van der Waals surface area contributed by atoms with E-state index in [2.05, 4.69) is 4.98 Å². The minimum Gasteiger partial charge on any atom is -0.337 e. The van der Waals surface area contributed by atoms with Gasteiger partial charge in [0.1, 0.15) is 0 Å². The lowest BCUT2D eigenvalue weighted by molar-refractivity contribution is -0.137. The van der Waals surface area contributed by atoms with Gasteiger partial charge in [-0.2, -0.15) is 13.2 Å². The molecule has 3 nitrogen and oxygen atoms in total. The normalized spacial score (nSPS) is 11.7. The van der Waals surface area contributed by atoms with Crippen LogP contribution in [0.25, 0.3) is 10.2 Å². The van der Waals surface area contributed by atoms with E-state index in [0.29, 0.717) is 11.1 Å². The number of fused-ring (bicyclic) bond motifs is 1. The quantitative estimate of drug-likeness (QED) is 0.692. The second-order valence-electron chi connectivity index (χ2n) is 5.37. The summed E-state index contributed by atoms with van der Waals surface area (Å²) in [4.78, 5) is 18.2. The van der Waals surface area contributed by atoms with Gasteiger partial charge >= 0.3 is 6.18 Å². The SMILES string of the molecule is CN(Cc1cccc(C(F)(F)F)c1)C(=O)c1cccc2ncsc12. The summed E-state index contributed by atoms with van der Waals surface area (Å²) in [6.07, 6.45) is -4.40. The molecule has 0 N–H and O–H groups in total. The maximum Gasteiger partial charge on any atom is 0.416 e. The van der Waals surface area contributed by atoms with Crippen molar-refractivity contribution in [3.63, 3.8) is 0 Å². The van der Waals surface area contributed by atoms with Crippen molar-refractivity contribution in [3.8, 4) is 0 Å². The maximum absolute atomic E-state index is 12.8. The molecule has 0 atom stereocenters. The fourth-order valence-corrected chi connectivity index (χ4v) is 3.25. The van der Waals surface area contributed by atoms with E-state index >= 15 is 0 Å². The maximum atomic E-state index is 12.8. The Labute approximate surface area is 140 Å². The van der Waals surface area contributed by atoms with Gasteiger partial charge in [-0.15, -0.1) is 11.3 Å². The molecule has 0 saturated heterocycles. The molecule has 3 rings (SSSR count). The van der Waals surface area contributed by atoms with Gasteiger partial charge in [-0.05, 0) is 29.8 Å². The van der Waals surface area contributed by atoms with E-state index < -0.39 is 11.7 Å². The monoisotopic (exact) mass is 350 g/mol. The Kier molecular flexibility index (Phi) is 4.28. The zero-order valence-corrected chi connectivity index (χ0v) is 13.5. The fourth-order valence-electron chi connectivity index (χ4n) is 2.45. The number of hydrogen-bond acceptors (Lipinski definition) is 3.